The average molecular weight is 252 g/mol. The van der Waals surface area contributed by atoms with E-state index < -0.39 is 0 Å². The van der Waals surface area contributed by atoms with Crippen molar-refractivity contribution in [1.29, 1.82) is 0 Å². The molecule has 1 saturated heterocycles. The molecular formula is C16H32N2. The summed E-state index contributed by atoms with van der Waals surface area (Å²) in [6.45, 7) is 11.8. The van der Waals surface area contributed by atoms with Gasteiger partial charge in [-0.25, -0.2) is 0 Å². The Kier molecular flexibility index (Phi) is 4.71. The number of nitrogens with zero attached hydrogens (tertiary/aromatic N) is 1. The Morgan fingerprint density at radius 2 is 1.89 bits per heavy atom. The smallest absolute Gasteiger partial charge is 0.0253 e. The van der Waals surface area contributed by atoms with E-state index in [1.807, 2.05) is 0 Å². The Bertz CT molecular complexity index is 256. The predicted molar refractivity (Wildman–Crippen MR) is 78.9 cm³/mol. The second kappa shape index (κ2) is 5.92. The Labute approximate surface area is 114 Å². The molecule has 1 saturated carbocycles. The molecule has 0 spiro atoms. The van der Waals surface area contributed by atoms with Crippen LogP contribution in [0, 0.1) is 5.92 Å². The monoisotopic (exact) mass is 252 g/mol. The van der Waals surface area contributed by atoms with E-state index in [1.54, 1.807) is 0 Å². The molecule has 2 fully saturated rings. The van der Waals surface area contributed by atoms with E-state index in [9.17, 15) is 0 Å². The van der Waals surface area contributed by atoms with Gasteiger partial charge in [-0.1, -0.05) is 26.2 Å². The van der Waals surface area contributed by atoms with Crippen LogP contribution >= 0.6 is 0 Å². The van der Waals surface area contributed by atoms with Crippen molar-refractivity contribution in [3.8, 4) is 0 Å². The van der Waals surface area contributed by atoms with Gasteiger partial charge in [0.2, 0.25) is 0 Å². The molecule has 2 rings (SSSR count). The molecule has 0 aromatic carbocycles. The summed E-state index contributed by atoms with van der Waals surface area (Å²) in [5.41, 5.74) is 0.286. The molecule has 2 aliphatic rings. The van der Waals surface area contributed by atoms with Crippen molar-refractivity contribution >= 4 is 0 Å². The Morgan fingerprint density at radius 3 is 2.50 bits per heavy atom. The summed E-state index contributed by atoms with van der Waals surface area (Å²) >= 11 is 0. The first-order valence-corrected chi connectivity index (χ1v) is 8.04. The van der Waals surface area contributed by atoms with Crippen molar-refractivity contribution in [2.75, 3.05) is 13.1 Å². The largest absolute Gasteiger partial charge is 0.309 e. The zero-order valence-electron chi connectivity index (χ0n) is 12.8. The second-order valence-electron chi connectivity index (χ2n) is 7.16. The highest BCUT2D eigenvalue weighted by Gasteiger charge is 2.36. The minimum atomic E-state index is 0.286. The van der Waals surface area contributed by atoms with E-state index >= 15 is 0 Å². The lowest BCUT2D eigenvalue weighted by Crippen LogP contribution is -2.64. The fraction of sp³-hybridized carbons (Fsp3) is 1.00. The number of hydrogen-bond acceptors (Lipinski definition) is 2. The molecule has 0 amide bonds. The van der Waals surface area contributed by atoms with Crippen LogP contribution in [0.3, 0.4) is 0 Å². The molecule has 1 aliphatic heterocycles. The Hall–Kier alpha value is -0.0800. The maximum absolute atomic E-state index is 3.68. The van der Waals surface area contributed by atoms with Crippen molar-refractivity contribution in [1.82, 2.24) is 10.2 Å². The molecule has 0 radical (unpaired) electrons. The summed E-state index contributed by atoms with van der Waals surface area (Å²) < 4.78 is 0. The zero-order chi connectivity index (χ0) is 13.2. The summed E-state index contributed by atoms with van der Waals surface area (Å²) in [5.74, 6) is 0.958. The molecular weight excluding hydrogens is 220 g/mol. The second-order valence-corrected chi connectivity index (χ2v) is 7.16. The fourth-order valence-corrected chi connectivity index (χ4v) is 4.01. The summed E-state index contributed by atoms with van der Waals surface area (Å²) in [7, 11) is 0. The van der Waals surface area contributed by atoms with E-state index in [4.69, 9.17) is 0 Å². The molecule has 106 valence electrons. The van der Waals surface area contributed by atoms with Crippen molar-refractivity contribution in [2.24, 2.45) is 5.92 Å². The van der Waals surface area contributed by atoms with Crippen molar-refractivity contribution in [3.05, 3.63) is 0 Å². The molecule has 2 atom stereocenters. The number of hydrogen-bond donors (Lipinski definition) is 1. The minimum Gasteiger partial charge on any atom is -0.309 e. The molecule has 1 N–H and O–H groups in total. The van der Waals surface area contributed by atoms with Gasteiger partial charge in [-0.15, -0.1) is 0 Å². The van der Waals surface area contributed by atoms with Crippen LogP contribution in [0.1, 0.15) is 66.2 Å². The van der Waals surface area contributed by atoms with E-state index in [1.165, 1.54) is 45.1 Å². The average Bonchev–Trinajstić information content (AvgIpc) is 2.36. The topological polar surface area (TPSA) is 15.3 Å². The number of nitrogens with one attached hydrogen (secondary N) is 1. The quantitative estimate of drug-likeness (QED) is 0.828. The van der Waals surface area contributed by atoms with Crippen molar-refractivity contribution < 1.29 is 0 Å². The fourth-order valence-electron chi connectivity index (χ4n) is 4.01. The summed E-state index contributed by atoms with van der Waals surface area (Å²) in [5, 5.41) is 3.68. The third-order valence-electron chi connectivity index (χ3n) is 5.06. The lowest BCUT2D eigenvalue weighted by molar-refractivity contribution is 0.0246. The summed E-state index contributed by atoms with van der Waals surface area (Å²) in [6.07, 6.45) is 8.65. The molecule has 1 aliphatic carbocycles. The van der Waals surface area contributed by atoms with E-state index in [-0.39, 0.29) is 5.54 Å². The summed E-state index contributed by atoms with van der Waals surface area (Å²) in [4.78, 5) is 2.81. The van der Waals surface area contributed by atoms with Gasteiger partial charge >= 0.3 is 0 Å². The summed E-state index contributed by atoms with van der Waals surface area (Å²) in [6, 6.07) is 1.52. The van der Waals surface area contributed by atoms with Gasteiger partial charge < -0.3 is 5.32 Å². The minimum absolute atomic E-state index is 0.286. The molecule has 1 heterocycles. The molecule has 0 bridgehead atoms. The molecule has 0 aromatic rings. The van der Waals surface area contributed by atoms with Crippen LogP contribution < -0.4 is 5.32 Å². The van der Waals surface area contributed by atoms with E-state index in [0.717, 1.165) is 18.5 Å². The first kappa shape index (κ1) is 14.3. The molecule has 2 nitrogen and oxygen atoms in total. The van der Waals surface area contributed by atoms with Gasteiger partial charge in [0.1, 0.15) is 0 Å². The van der Waals surface area contributed by atoms with Crippen LogP contribution in [0.25, 0.3) is 0 Å². The SMILES string of the molecule is CCC(C1CCCCC1)N1CC(C)(C)NCC1C. The van der Waals surface area contributed by atoms with Crippen LogP contribution in [0.2, 0.25) is 0 Å². The van der Waals surface area contributed by atoms with Gasteiger partial charge in [0.25, 0.3) is 0 Å². The molecule has 0 aromatic heterocycles. The first-order chi connectivity index (χ1) is 8.53. The highest BCUT2D eigenvalue weighted by Crippen LogP contribution is 2.33. The number of piperazine rings is 1. The van der Waals surface area contributed by atoms with Crippen LogP contribution in [0.15, 0.2) is 0 Å². The van der Waals surface area contributed by atoms with Crippen LogP contribution in [0.4, 0.5) is 0 Å². The van der Waals surface area contributed by atoms with E-state index in [2.05, 4.69) is 37.9 Å². The molecule has 18 heavy (non-hydrogen) atoms. The standard InChI is InChI=1S/C16H32N2/c1-5-15(14-9-7-6-8-10-14)18-12-16(3,4)17-11-13(18)2/h13-15,17H,5-12H2,1-4H3. The highest BCUT2D eigenvalue weighted by molar-refractivity contribution is 4.95. The Balaban J connectivity index is 2.04. The van der Waals surface area contributed by atoms with Gasteiger partial charge in [0, 0.05) is 30.7 Å². The Morgan fingerprint density at radius 1 is 1.22 bits per heavy atom. The maximum Gasteiger partial charge on any atom is 0.0253 e. The van der Waals surface area contributed by atoms with Crippen LogP contribution in [-0.4, -0.2) is 35.6 Å². The van der Waals surface area contributed by atoms with Gasteiger partial charge in [-0.2, -0.15) is 0 Å². The molecule has 2 heteroatoms. The third-order valence-corrected chi connectivity index (χ3v) is 5.06. The predicted octanol–water partition coefficient (Wildman–Crippen LogP) is 3.42. The lowest BCUT2D eigenvalue weighted by atomic mass is 9.80. The van der Waals surface area contributed by atoms with Gasteiger partial charge in [-0.05, 0) is 46.0 Å². The first-order valence-electron chi connectivity index (χ1n) is 8.04. The normalized spacial score (nSPS) is 32.3. The van der Waals surface area contributed by atoms with Crippen LogP contribution in [-0.2, 0) is 0 Å². The maximum atomic E-state index is 3.68. The van der Waals surface area contributed by atoms with Gasteiger partial charge in [0.05, 0.1) is 0 Å². The lowest BCUT2D eigenvalue weighted by Gasteiger charge is -2.49. The third kappa shape index (κ3) is 3.27. The zero-order valence-corrected chi connectivity index (χ0v) is 12.8. The van der Waals surface area contributed by atoms with Crippen molar-refractivity contribution in [2.45, 2.75) is 83.8 Å². The van der Waals surface area contributed by atoms with Gasteiger partial charge in [0.15, 0.2) is 0 Å². The highest BCUT2D eigenvalue weighted by atomic mass is 15.3. The number of rotatable bonds is 3. The molecule has 2 unspecified atom stereocenters. The van der Waals surface area contributed by atoms with Gasteiger partial charge in [-0.3, -0.25) is 4.90 Å². The van der Waals surface area contributed by atoms with Crippen LogP contribution in [0.5, 0.6) is 0 Å². The van der Waals surface area contributed by atoms with Crippen molar-refractivity contribution in [3.63, 3.8) is 0 Å². The van der Waals surface area contributed by atoms with E-state index in [0.29, 0.717) is 6.04 Å².